The maximum absolute atomic E-state index is 12.6. The lowest BCUT2D eigenvalue weighted by molar-refractivity contribution is -0.141. The van der Waals surface area contributed by atoms with E-state index in [-0.39, 0.29) is 10.7 Å². The molecule has 24 heavy (non-hydrogen) atoms. The van der Waals surface area contributed by atoms with E-state index in [2.05, 4.69) is 0 Å². The molecule has 0 aliphatic carbocycles. The summed E-state index contributed by atoms with van der Waals surface area (Å²) >= 11 is 6.05. The molecule has 1 saturated heterocycles. The molecule has 3 rings (SSSR count). The number of ether oxygens (including phenoxy) is 2. The van der Waals surface area contributed by atoms with E-state index in [9.17, 15) is 22.8 Å². The molecule has 2 heterocycles. The van der Waals surface area contributed by atoms with Gasteiger partial charge < -0.3 is 14.5 Å². The van der Waals surface area contributed by atoms with Crippen molar-refractivity contribution in [1.29, 1.82) is 0 Å². The zero-order valence-electron chi connectivity index (χ0n) is 11.9. The predicted octanol–water partition coefficient (Wildman–Crippen LogP) is 2.24. The summed E-state index contributed by atoms with van der Waals surface area (Å²) in [6.45, 7) is 0.706. The van der Waals surface area contributed by atoms with Crippen LogP contribution in [-0.2, 0) is 15.7 Å². The topological polar surface area (TPSA) is 73.3 Å². The van der Waals surface area contributed by atoms with Gasteiger partial charge in [-0.05, 0) is 18.2 Å². The summed E-state index contributed by atoms with van der Waals surface area (Å²) < 4.78 is 49.1. The minimum atomic E-state index is -4.83. The maximum Gasteiger partial charge on any atom is 0.431 e. The molecule has 1 aliphatic heterocycles. The van der Waals surface area contributed by atoms with Crippen LogP contribution in [0, 0.1) is 0 Å². The summed E-state index contributed by atoms with van der Waals surface area (Å²) in [5, 5.41) is 0.280. The Morgan fingerprint density at radius 2 is 1.83 bits per heavy atom. The summed E-state index contributed by atoms with van der Waals surface area (Å²) in [7, 11) is 0. The zero-order valence-corrected chi connectivity index (χ0v) is 12.6. The van der Waals surface area contributed by atoms with E-state index in [4.69, 9.17) is 21.1 Å². The van der Waals surface area contributed by atoms with Crippen molar-refractivity contribution in [2.75, 3.05) is 13.2 Å². The van der Waals surface area contributed by atoms with Crippen LogP contribution in [0.1, 0.15) is 17.5 Å². The van der Waals surface area contributed by atoms with E-state index in [0.717, 1.165) is 0 Å². The molecular formula is C14H10ClF3N2O4. The second-order valence-corrected chi connectivity index (χ2v) is 5.35. The normalized spacial score (nSPS) is 15.8. The van der Waals surface area contributed by atoms with Gasteiger partial charge in [0.1, 0.15) is 5.69 Å². The average molecular weight is 363 g/mol. The van der Waals surface area contributed by atoms with Gasteiger partial charge >= 0.3 is 11.9 Å². The van der Waals surface area contributed by atoms with Gasteiger partial charge in [-0.3, -0.25) is 4.79 Å². The van der Waals surface area contributed by atoms with Crippen LogP contribution < -0.4 is 11.2 Å². The molecule has 6 nitrogen and oxygen atoms in total. The molecule has 1 aliphatic rings. The molecule has 10 heteroatoms. The van der Waals surface area contributed by atoms with E-state index >= 15 is 0 Å². The van der Waals surface area contributed by atoms with Crippen LogP contribution in [0.5, 0.6) is 0 Å². The van der Waals surface area contributed by atoms with Gasteiger partial charge in [-0.25, -0.2) is 9.36 Å². The third-order valence-corrected chi connectivity index (χ3v) is 3.70. The Bertz CT molecular complexity index is 854. The number of halogens is 4. The number of nitrogens with one attached hydrogen (secondary N) is 1. The Morgan fingerprint density at radius 1 is 1.17 bits per heavy atom. The second-order valence-electron chi connectivity index (χ2n) is 4.94. The van der Waals surface area contributed by atoms with Crippen molar-refractivity contribution in [1.82, 2.24) is 9.55 Å². The molecule has 0 bridgehead atoms. The average Bonchev–Trinajstić information content (AvgIpc) is 3.01. The molecule has 1 fully saturated rings. The standard InChI is InChI=1S/C14H10ClF3N2O4/c15-9-2-1-7(5-8(9)12-23-3-4-24-12)20-11(21)6-10(14(16,17)18)19-13(20)22/h1-2,5-6,12H,3-4H2,(H,19,22). The quantitative estimate of drug-likeness (QED) is 0.889. The first-order valence-corrected chi connectivity index (χ1v) is 7.12. The van der Waals surface area contributed by atoms with E-state index in [1.807, 2.05) is 0 Å². The SMILES string of the molecule is O=c1cc(C(F)(F)F)[nH]c(=O)n1-c1ccc(Cl)c(C2OCCO2)c1. The first-order chi connectivity index (χ1) is 11.3. The van der Waals surface area contributed by atoms with Gasteiger partial charge in [0, 0.05) is 16.7 Å². The van der Waals surface area contributed by atoms with Crippen LogP contribution in [0.15, 0.2) is 33.9 Å². The van der Waals surface area contributed by atoms with Crippen molar-refractivity contribution < 1.29 is 22.6 Å². The number of nitrogens with zero attached hydrogens (tertiary/aromatic N) is 1. The number of rotatable bonds is 2. The van der Waals surface area contributed by atoms with Gasteiger partial charge in [0.15, 0.2) is 6.29 Å². The number of hydrogen-bond acceptors (Lipinski definition) is 4. The number of aromatic nitrogens is 2. The number of hydrogen-bond donors (Lipinski definition) is 1. The van der Waals surface area contributed by atoms with Crippen LogP contribution in [0.3, 0.4) is 0 Å². The predicted molar refractivity (Wildman–Crippen MR) is 77.3 cm³/mol. The highest BCUT2D eigenvalue weighted by atomic mass is 35.5. The molecular weight excluding hydrogens is 353 g/mol. The Hall–Kier alpha value is -2.10. The largest absolute Gasteiger partial charge is 0.431 e. The lowest BCUT2D eigenvalue weighted by Crippen LogP contribution is -2.35. The van der Waals surface area contributed by atoms with Crippen LogP contribution >= 0.6 is 11.6 Å². The molecule has 0 radical (unpaired) electrons. The van der Waals surface area contributed by atoms with Crippen molar-refractivity contribution in [2.24, 2.45) is 0 Å². The molecule has 1 N–H and O–H groups in total. The van der Waals surface area contributed by atoms with Crippen molar-refractivity contribution in [2.45, 2.75) is 12.5 Å². The summed E-state index contributed by atoms with van der Waals surface area (Å²) in [4.78, 5) is 25.6. The highest BCUT2D eigenvalue weighted by Crippen LogP contribution is 2.31. The summed E-state index contributed by atoms with van der Waals surface area (Å²) in [6.07, 6.45) is -5.59. The minimum absolute atomic E-state index is 0.0495. The van der Waals surface area contributed by atoms with Crippen molar-refractivity contribution in [3.8, 4) is 5.69 Å². The fraction of sp³-hybridized carbons (Fsp3) is 0.286. The van der Waals surface area contributed by atoms with Gasteiger partial charge in [0.2, 0.25) is 0 Å². The van der Waals surface area contributed by atoms with Gasteiger partial charge in [0.25, 0.3) is 5.56 Å². The van der Waals surface area contributed by atoms with Crippen LogP contribution in [0.4, 0.5) is 13.2 Å². The molecule has 1 aromatic heterocycles. The Balaban J connectivity index is 2.11. The lowest BCUT2D eigenvalue weighted by atomic mass is 10.2. The molecule has 2 aromatic rings. The molecule has 0 atom stereocenters. The van der Waals surface area contributed by atoms with Crippen molar-refractivity contribution >= 4 is 11.6 Å². The Labute approximate surface area is 137 Å². The minimum Gasteiger partial charge on any atom is -0.346 e. The van der Waals surface area contributed by atoms with E-state index in [1.165, 1.54) is 18.2 Å². The van der Waals surface area contributed by atoms with Crippen LogP contribution in [-0.4, -0.2) is 22.8 Å². The fourth-order valence-electron chi connectivity index (χ4n) is 2.28. The molecule has 0 amide bonds. The summed E-state index contributed by atoms with van der Waals surface area (Å²) in [5.41, 5.74) is -3.32. The summed E-state index contributed by atoms with van der Waals surface area (Å²) in [5.74, 6) is 0. The third-order valence-electron chi connectivity index (χ3n) is 3.35. The first-order valence-electron chi connectivity index (χ1n) is 6.74. The number of alkyl halides is 3. The first kappa shape index (κ1) is 16.7. The molecule has 128 valence electrons. The molecule has 0 spiro atoms. The zero-order chi connectivity index (χ0) is 17.5. The van der Waals surface area contributed by atoms with Crippen molar-refractivity contribution in [3.05, 3.63) is 61.4 Å². The van der Waals surface area contributed by atoms with Gasteiger partial charge in [-0.15, -0.1) is 0 Å². The van der Waals surface area contributed by atoms with Crippen LogP contribution in [0.25, 0.3) is 5.69 Å². The Kier molecular flexibility index (Phi) is 4.24. The monoisotopic (exact) mass is 362 g/mol. The van der Waals surface area contributed by atoms with Crippen LogP contribution in [0.2, 0.25) is 5.02 Å². The van der Waals surface area contributed by atoms with E-state index in [0.29, 0.717) is 29.4 Å². The van der Waals surface area contributed by atoms with Gasteiger partial charge in [0.05, 0.1) is 18.9 Å². The van der Waals surface area contributed by atoms with Gasteiger partial charge in [-0.1, -0.05) is 11.6 Å². The number of benzene rings is 1. The van der Waals surface area contributed by atoms with Crippen molar-refractivity contribution in [3.63, 3.8) is 0 Å². The fourth-order valence-corrected chi connectivity index (χ4v) is 2.49. The lowest BCUT2D eigenvalue weighted by Gasteiger charge is -2.14. The van der Waals surface area contributed by atoms with Gasteiger partial charge in [-0.2, -0.15) is 13.2 Å². The number of H-pyrrole nitrogens is 1. The Morgan fingerprint density at radius 3 is 2.42 bits per heavy atom. The molecule has 0 saturated carbocycles. The molecule has 1 aromatic carbocycles. The smallest absolute Gasteiger partial charge is 0.346 e. The van der Waals surface area contributed by atoms with E-state index < -0.39 is 29.4 Å². The highest BCUT2D eigenvalue weighted by molar-refractivity contribution is 6.31. The maximum atomic E-state index is 12.6. The third kappa shape index (κ3) is 3.10. The summed E-state index contributed by atoms with van der Waals surface area (Å²) in [6, 6.07) is 4.42. The van der Waals surface area contributed by atoms with E-state index in [1.54, 1.807) is 4.98 Å². The second kappa shape index (κ2) is 6.08. The number of aromatic amines is 1. The molecule has 0 unspecified atom stereocenters. The highest BCUT2D eigenvalue weighted by Gasteiger charge is 2.33.